The molecule has 2 aliphatic heterocycles. The average molecular weight is 435 g/mol. The molecule has 7 nitrogen and oxygen atoms in total. The highest BCUT2D eigenvalue weighted by Gasteiger charge is 2.29. The molecule has 1 atom stereocenters. The van der Waals surface area contributed by atoms with Crippen LogP contribution in [0, 0.1) is 6.92 Å². The molecule has 0 bridgehead atoms. The smallest absolute Gasteiger partial charge is 0.324 e. The molecule has 0 unspecified atom stereocenters. The van der Waals surface area contributed by atoms with Crippen LogP contribution in [0.2, 0.25) is 0 Å². The highest BCUT2D eigenvalue weighted by atomic mass is 16.2. The SMILES string of the molecule is Cc1cc(Cc2ccccc2)cc([C@@H]2CCCN(C(=O)CCCN3C(=O)CNC3=O)C2)n1. The van der Waals surface area contributed by atoms with E-state index in [0.717, 1.165) is 37.2 Å². The van der Waals surface area contributed by atoms with Crippen LogP contribution in [0.15, 0.2) is 42.5 Å². The minimum absolute atomic E-state index is 0.0519. The molecule has 0 saturated carbocycles. The molecule has 32 heavy (non-hydrogen) atoms. The number of urea groups is 1. The van der Waals surface area contributed by atoms with Crippen molar-refractivity contribution in [3.05, 3.63) is 65.0 Å². The van der Waals surface area contributed by atoms with E-state index in [2.05, 4.69) is 41.7 Å². The third-order valence-electron chi connectivity index (χ3n) is 6.19. The monoisotopic (exact) mass is 434 g/mol. The number of nitrogens with zero attached hydrogens (tertiary/aromatic N) is 3. The van der Waals surface area contributed by atoms with Gasteiger partial charge in [0.2, 0.25) is 11.8 Å². The van der Waals surface area contributed by atoms with Gasteiger partial charge in [0, 0.05) is 43.4 Å². The lowest BCUT2D eigenvalue weighted by molar-refractivity contribution is -0.133. The molecule has 1 aromatic carbocycles. The Bertz CT molecular complexity index is 976. The Hall–Kier alpha value is -3.22. The summed E-state index contributed by atoms with van der Waals surface area (Å²) in [6.07, 6.45) is 3.67. The van der Waals surface area contributed by atoms with Gasteiger partial charge in [-0.05, 0) is 55.9 Å². The molecule has 4 rings (SSSR count). The largest absolute Gasteiger partial charge is 0.342 e. The molecule has 0 spiro atoms. The molecule has 1 aromatic heterocycles. The van der Waals surface area contributed by atoms with Crippen LogP contribution in [-0.2, 0) is 16.0 Å². The summed E-state index contributed by atoms with van der Waals surface area (Å²) in [4.78, 5) is 44.0. The molecular weight excluding hydrogens is 404 g/mol. The summed E-state index contributed by atoms with van der Waals surface area (Å²) in [5.74, 6) is 0.0873. The zero-order valence-electron chi connectivity index (χ0n) is 18.5. The van der Waals surface area contributed by atoms with Gasteiger partial charge in [-0.2, -0.15) is 0 Å². The van der Waals surface area contributed by atoms with Gasteiger partial charge >= 0.3 is 6.03 Å². The number of benzene rings is 1. The van der Waals surface area contributed by atoms with Gasteiger partial charge in [-0.3, -0.25) is 19.5 Å². The summed E-state index contributed by atoms with van der Waals surface area (Å²) in [5.41, 5.74) is 4.59. The first-order valence-corrected chi connectivity index (χ1v) is 11.4. The summed E-state index contributed by atoms with van der Waals surface area (Å²) in [6, 6.07) is 14.4. The van der Waals surface area contributed by atoms with Crippen molar-refractivity contribution < 1.29 is 14.4 Å². The number of aryl methyl sites for hydroxylation is 1. The first kappa shape index (κ1) is 22.0. The predicted octanol–water partition coefficient (Wildman–Crippen LogP) is 3.02. The normalized spacial score (nSPS) is 18.7. The molecule has 0 radical (unpaired) electrons. The fourth-order valence-electron chi connectivity index (χ4n) is 4.58. The van der Waals surface area contributed by atoms with Crippen LogP contribution in [0.1, 0.15) is 54.1 Å². The van der Waals surface area contributed by atoms with Gasteiger partial charge < -0.3 is 10.2 Å². The number of carbonyl (C=O) groups is 3. The van der Waals surface area contributed by atoms with E-state index < -0.39 is 0 Å². The second-order valence-electron chi connectivity index (χ2n) is 8.69. The van der Waals surface area contributed by atoms with Crippen molar-refractivity contribution in [3.8, 4) is 0 Å². The van der Waals surface area contributed by atoms with E-state index in [1.54, 1.807) is 0 Å². The molecule has 2 aromatic rings. The molecule has 0 aliphatic carbocycles. The second kappa shape index (κ2) is 9.94. The lowest BCUT2D eigenvalue weighted by Gasteiger charge is -2.33. The van der Waals surface area contributed by atoms with E-state index in [1.165, 1.54) is 16.0 Å². The Labute approximate surface area is 188 Å². The van der Waals surface area contributed by atoms with Crippen molar-refractivity contribution in [2.24, 2.45) is 0 Å². The summed E-state index contributed by atoms with van der Waals surface area (Å²) in [5, 5.41) is 2.50. The number of piperidine rings is 1. The Morgan fingerprint density at radius 1 is 1.16 bits per heavy atom. The van der Waals surface area contributed by atoms with Crippen molar-refractivity contribution in [1.82, 2.24) is 20.1 Å². The van der Waals surface area contributed by atoms with Crippen molar-refractivity contribution in [2.75, 3.05) is 26.2 Å². The Balaban J connectivity index is 1.35. The van der Waals surface area contributed by atoms with Gasteiger partial charge in [-0.1, -0.05) is 30.3 Å². The Morgan fingerprint density at radius 2 is 1.97 bits per heavy atom. The minimum Gasteiger partial charge on any atom is -0.342 e. The zero-order chi connectivity index (χ0) is 22.5. The Morgan fingerprint density at radius 3 is 2.72 bits per heavy atom. The lowest BCUT2D eigenvalue weighted by atomic mass is 9.92. The third-order valence-corrected chi connectivity index (χ3v) is 6.19. The molecular formula is C25H30N4O3. The third kappa shape index (κ3) is 5.33. The van der Waals surface area contributed by atoms with Crippen LogP contribution in [-0.4, -0.2) is 58.8 Å². The van der Waals surface area contributed by atoms with Crippen molar-refractivity contribution in [1.29, 1.82) is 0 Å². The van der Waals surface area contributed by atoms with E-state index in [0.29, 0.717) is 19.4 Å². The van der Waals surface area contributed by atoms with Gasteiger partial charge in [-0.25, -0.2) is 4.79 Å². The number of nitrogens with one attached hydrogen (secondary N) is 1. The first-order valence-electron chi connectivity index (χ1n) is 11.4. The number of aromatic nitrogens is 1. The van der Waals surface area contributed by atoms with Gasteiger partial charge in [0.05, 0.1) is 6.54 Å². The molecule has 2 saturated heterocycles. The maximum atomic E-state index is 12.8. The summed E-state index contributed by atoms with van der Waals surface area (Å²) < 4.78 is 0. The molecule has 2 fully saturated rings. The number of hydrogen-bond donors (Lipinski definition) is 1. The van der Waals surface area contributed by atoms with Crippen LogP contribution in [0.3, 0.4) is 0 Å². The van der Waals surface area contributed by atoms with Gasteiger partial charge in [0.1, 0.15) is 0 Å². The highest BCUT2D eigenvalue weighted by molar-refractivity contribution is 6.01. The van der Waals surface area contributed by atoms with Crippen molar-refractivity contribution in [2.45, 2.75) is 44.9 Å². The standard InChI is InChI=1S/C25H30N4O3/c1-18-13-20(14-19-7-3-2-4-8-19)15-22(27-18)21-9-5-11-28(17-21)23(30)10-6-12-29-24(31)16-26-25(29)32/h2-4,7-8,13,15,21H,5-6,9-12,14,16-17H2,1H3,(H,26,32)/t21-/m1/s1. The van der Waals surface area contributed by atoms with Crippen LogP contribution in [0.5, 0.6) is 0 Å². The number of pyridine rings is 1. The number of hydrogen-bond acceptors (Lipinski definition) is 4. The van der Waals surface area contributed by atoms with Crippen LogP contribution in [0.4, 0.5) is 4.79 Å². The fraction of sp³-hybridized carbons (Fsp3) is 0.440. The molecule has 3 heterocycles. The molecule has 4 amide bonds. The van der Waals surface area contributed by atoms with Gasteiger partial charge in [-0.15, -0.1) is 0 Å². The van der Waals surface area contributed by atoms with Crippen LogP contribution < -0.4 is 5.32 Å². The quantitative estimate of drug-likeness (QED) is 0.679. The Kier molecular flexibility index (Phi) is 6.83. The van der Waals surface area contributed by atoms with E-state index in [-0.39, 0.29) is 36.9 Å². The molecule has 168 valence electrons. The van der Waals surface area contributed by atoms with E-state index in [9.17, 15) is 14.4 Å². The number of imide groups is 1. The number of amides is 4. The summed E-state index contributed by atoms with van der Waals surface area (Å²) in [6.45, 7) is 3.79. The van der Waals surface area contributed by atoms with E-state index >= 15 is 0 Å². The van der Waals surface area contributed by atoms with Gasteiger partial charge in [0.15, 0.2) is 0 Å². The molecule has 2 aliphatic rings. The molecule has 1 N–H and O–H groups in total. The maximum Gasteiger partial charge on any atom is 0.324 e. The number of carbonyl (C=O) groups excluding carboxylic acids is 3. The summed E-state index contributed by atoms with van der Waals surface area (Å²) >= 11 is 0. The fourth-order valence-corrected chi connectivity index (χ4v) is 4.58. The van der Waals surface area contributed by atoms with Crippen LogP contribution >= 0.6 is 0 Å². The number of likely N-dealkylation sites (tertiary alicyclic amines) is 1. The first-order chi connectivity index (χ1) is 15.5. The zero-order valence-corrected chi connectivity index (χ0v) is 18.5. The number of rotatable bonds is 7. The highest BCUT2D eigenvalue weighted by Crippen LogP contribution is 2.27. The van der Waals surface area contributed by atoms with Crippen LogP contribution in [0.25, 0.3) is 0 Å². The second-order valence-corrected chi connectivity index (χ2v) is 8.69. The van der Waals surface area contributed by atoms with E-state index in [4.69, 9.17) is 4.98 Å². The lowest BCUT2D eigenvalue weighted by Crippen LogP contribution is -2.40. The molecule has 7 heteroatoms. The average Bonchev–Trinajstić information content (AvgIpc) is 3.11. The van der Waals surface area contributed by atoms with Gasteiger partial charge in [0.25, 0.3) is 0 Å². The van der Waals surface area contributed by atoms with E-state index in [1.807, 2.05) is 17.9 Å². The topological polar surface area (TPSA) is 82.6 Å². The minimum atomic E-state index is -0.364. The maximum absolute atomic E-state index is 12.8. The summed E-state index contributed by atoms with van der Waals surface area (Å²) in [7, 11) is 0. The van der Waals surface area contributed by atoms with Crippen molar-refractivity contribution >= 4 is 17.8 Å². The van der Waals surface area contributed by atoms with Crippen molar-refractivity contribution in [3.63, 3.8) is 0 Å². The predicted molar refractivity (Wildman–Crippen MR) is 121 cm³/mol.